The molecule has 1 aromatic rings. The van der Waals surface area contributed by atoms with Crippen molar-refractivity contribution in [3.8, 4) is 12.3 Å². The zero-order valence-corrected chi connectivity index (χ0v) is 14.4. The average molecular weight is 348 g/mol. The highest BCUT2D eigenvalue weighted by Gasteiger charge is 2.38. The molecule has 0 saturated carbocycles. The Morgan fingerprint density at radius 2 is 2.38 bits per heavy atom. The van der Waals surface area contributed by atoms with Gasteiger partial charge in [-0.25, -0.2) is 4.98 Å². The molecule has 1 amide bonds. The molecule has 1 saturated heterocycles. The van der Waals surface area contributed by atoms with Gasteiger partial charge in [0.05, 0.1) is 12.1 Å². The highest BCUT2D eigenvalue weighted by molar-refractivity contribution is 6.27. The normalized spacial score (nSPS) is 22.5. The van der Waals surface area contributed by atoms with Gasteiger partial charge in [0.1, 0.15) is 11.7 Å². The Morgan fingerprint density at radius 3 is 3.17 bits per heavy atom. The monoisotopic (exact) mass is 347 g/mol. The predicted octanol–water partition coefficient (Wildman–Crippen LogP) is 2.04. The molecule has 2 aliphatic heterocycles. The molecule has 0 spiro atoms. The molecule has 6 heteroatoms. The minimum absolute atomic E-state index is 0.00827. The van der Waals surface area contributed by atoms with Gasteiger partial charge in [0.25, 0.3) is 0 Å². The van der Waals surface area contributed by atoms with E-state index >= 15 is 0 Å². The molecule has 0 aliphatic carbocycles. The van der Waals surface area contributed by atoms with Crippen LogP contribution in [0.5, 0.6) is 0 Å². The Labute approximate surface area is 147 Å². The van der Waals surface area contributed by atoms with E-state index in [1.165, 1.54) is 0 Å². The summed E-state index contributed by atoms with van der Waals surface area (Å²) in [7, 11) is 0. The summed E-state index contributed by atoms with van der Waals surface area (Å²) in [6.45, 7) is 2.70. The Kier molecular flexibility index (Phi) is 5.60. The van der Waals surface area contributed by atoms with E-state index in [0.29, 0.717) is 19.7 Å². The highest BCUT2D eigenvalue weighted by atomic mass is 35.5. The summed E-state index contributed by atoms with van der Waals surface area (Å²) in [5, 5.41) is 0. The van der Waals surface area contributed by atoms with Crippen LogP contribution in [-0.4, -0.2) is 53.5 Å². The Morgan fingerprint density at radius 1 is 1.50 bits per heavy atom. The number of carbonyl (C=O) groups is 1. The summed E-state index contributed by atoms with van der Waals surface area (Å²) in [6, 6.07) is 4.15. The fourth-order valence-corrected chi connectivity index (χ4v) is 3.63. The standard InChI is InChI=1S/C18H22ClN3O2/c1-2-3-4-8-24-16-9-15-12-21(17(23)10-19)11-14-6-5-7-20-18(14)22(15)13-16/h1,5-7,15-16H,3-4,8-13H2. The maximum Gasteiger partial charge on any atom is 0.237 e. The Balaban J connectivity index is 1.74. The van der Waals surface area contributed by atoms with E-state index in [2.05, 4.69) is 15.8 Å². The number of rotatable bonds is 5. The van der Waals surface area contributed by atoms with Gasteiger partial charge in [-0.15, -0.1) is 23.9 Å². The molecule has 1 aromatic heterocycles. The number of nitrogens with zero attached hydrogens (tertiary/aromatic N) is 3. The van der Waals surface area contributed by atoms with E-state index < -0.39 is 0 Å². The van der Waals surface area contributed by atoms with Crippen molar-refractivity contribution in [2.75, 3.05) is 30.5 Å². The first-order valence-corrected chi connectivity index (χ1v) is 8.85. The third-order valence-corrected chi connectivity index (χ3v) is 4.82. The highest BCUT2D eigenvalue weighted by Crippen LogP contribution is 2.32. The summed E-state index contributed by atoms with van der Waals surface area (Å²) >= 11 is 5.77. The third-order valence-electron chi connectivity index (χ3n) is 4.59. The van der Waals surface area contributed by atoms with E-state index in [9.17, 15) is 4.79 Å². The SMILES string of the molecule is C#CCCCOC1CC2CN(C(=O)CCl)Cc3cccnc3N2C1. The van der Waals surface area contributed by atoms with Crippen molar-refractivity contribution < 1.29 is 9.53 Å². The molecule has 2 atom stereocenters. The minimum Gasteiger partial charge on any atom is -0.376 e. The van der Waals surface area contributed by atoms with Crippen LogP contribution in [0.2, 0.25) is 0 Å². The lowest BCUT2D eigenvalue weighted by atomic mass is 10.2. The van der Waals surface area contributed by atoms with E-state index in [-0.39, 0.29) is 23.9 Å². The number of halogens is 1. The molecule has 5 nitrogen and oxygen atoms in total. The number of anilines is 1. The largest absolute Gasteiger partial charge is 0.376 e. The number of unbranched alkanes of at least 4 members (excludes halogenated alkanes) is 1. The summed E-state index contributed by atoms with van der Waals surface area (Å²) in [5.74, 6) is 3.56. The van der Waals surface area contributed by atoms with Crippen molar-refractivity contribution in [1.29, 1.82) is 0 Å². The predicted molar refractivity (Wildman–Crippen MR) is 93.9 cm³/mol. The van der Waals surface area contributed by atoms with E-state index in [4.69, 9.17) is 22.8 Å². The lowest BCUT2D eigenvalue weighted by Crippen LogP contribution is -2.40. The number of aromatic nitrogens is 1. The van der Waals surface area contributed by atoms with Crippen LogP contribution >= 0.6 is 11.6 Å². The molecule has 3 heterocycles. The zero-order valence-electron chi connectivity index (χ0n) is 13.7. The number of carbonyl (C=O) groups excluding carboxylic acids is 1. The molecule has 0 radical (unpaired) electrons. The first kappa shape index (κ1) is 17.1. The molecule has 128 valence electrons. The lowest BCUT2D eigenvalue weighted by molar-refractivity contribution is -0.129. The maximum absolute atomic E-state index is 12.1. The number of alkyl halides is 1. The van der Waals surface area contributed by atoms with Gasteiger partial charge in [-0.05, 0) is 18.9 Å². The van der Waals surface area contributed by atoms with Crippen molar-refractivity contribution in [1.82, 2.24) is 9.88 Å². The molecule has 24 heavy (non-hydrogen) atoms. The van der Waals surface area contributed by atoms with Crippen molar-refractivity contribution in [3.05, 3.63) is 23.9 Å². The van der Waals surface area contributed by atoms with Crippen molar-refractivity contribution >= 4 is 23.3 Å². The van der Waals surface area contributed by atoms with E-state index in [1.807, 2.05) is 17.0 Å². The fourth-order valence-electron chi connectivity index (χ4n) is 3.46. The molecular weight excluding hydrogens is 326 g/mol. The second-order valence-electron chi connectivity index (χ2n) is 6.24. The van der Waals surface area contributed by atoms with Gasteiger partial charge in [-0.2, -0.15) is 0 Å². The quantitative estimate of drug-likeness (QED) is 0.464. The second-order valence-corrected chi connectivity index (χ2v) is 6.50. The van der Waals surface area contributed by atoms with Crippen LogP contribution in [0.25, 0.3) is 0 Å². The molecular formula is C18H22ClN3O2. The molecule has 3 rings (SSSR count). The number of ether oxygens (including phenoxy) is 1. The third kappa shape index (κ3) is 3.66. The Hall–Kier alpha value is -1.77. The Bertz CT molecular complexity index is 631. The number of terminal acetylenes is 1. The minimum atomic E-state index is -0.0355. The van der Waals surface area contributed by atoms with Gasteiger partial charge in [0, 0.05) is 44.4 Å². The van der Waals surface area contributed by atoms with E-state index in [1.54, 1.807) is 6.20 Å². The molecule has 1 fully saturated rings. The summed E-state index contributed by atoms with van der Waals surface area (Å²) < 4.78 is 5.98. The number of amides is 1. The number of hydrogen-bond donors (Lipinski definition) is 0. The maximum atomic E-state index is 12.1. The van der Waals surface area contributed by atoms with Gasteiger partial charge in [0.15, 0.2) is 0 Å². The molecule has 2 aliphatic rings. The fraction of sp³-hybridized carbons (Fsp3) is 0.556. The van der Waals surface area contributed by atoms with Crippen LogP contribution in [0.4, 0.5) is 5.82 Å². The van der Waals surface area contributed by atoms with Gasteiger partial charge in [-0.3, -0.25) is 4.79 Å². The van der Waals surface area contributed by atoms with Gasteiger partial charge >= 0.3 is 0 Å². The number of pyridine rings is 1. The number of hydrogen-bond acceptors (Lipinski definition) is 4. The first-order chi connectivity index (χ1) is 11.7. The summed E-state index contributed by atoms with van der Waals surface area (Å²) in [4.78, 5) is 20.8. The van der Waals surface area contributed by atoms with Gasteiger partial charge in [-0.1, -0.05) is 6.07 Å². The summed E-state index contributed by atoms with van der Waals surface area (Å²) in [5.41, 5.74) is 1.06. The van der Waals surface area contributed by atoms with Crippen LogP contribution in [-0.2, 0) is 16.1 Å². The van der Waals surface area contributed by atoms with Crippen molar-refractivity contribution in [2.45, 2.75) is 38.0 Å². The first-order valence-electron chi connectivity index (χ1n) is 8.32. The zero-order chi connectivity index (χ0) is 16.9. The molecule has 0 N–H and O–H groups in total. The smallest absolute Gasteiger partial charge is 0.237 e. The van der Waals surface area contributed by atoms with Crippen LogP contribution in [0, 0.1) is 12.3 Å². The molecule has 0 bridgehead atoms. The van der Waals surface area contributed by atoms with Crippen molar-refractivity contribution in [2.24, 2.45) is 0 Å². The van der Waals surface area contributed by atoms with Gasteiger partial charge < -0.3 is 14.5 Å². The van der Waals surface area contributed by atoms with Crippen molar-refractivity contribution in [3.63, 3.8) is 0 Å². The van der Waals surface area contributed by atoms with Gasteiger partial charge in [0.2, 0.25) is 5.91 Å². The van der Waals surface area contributed by atoms with Crippen LogP contribution in [0.15, 0.2) is 18.3 Å². The summed E-state index contributed by atoms with van der Waals surface area (Å²) in [6.07, 6.45) is 9.73. The second kappa shape index (κ2) is 7.87. The van der Waals surface area contributed by atoms with Crippen LogP contribution < -0.4 is 4.90 Å². The topological polar surface area (TPSA) is 45.7 Å². The average Bonchev–Trinajstić information content (AvgIpc) is 2.93. The van der Waals surface area contributed by atoms with E-state index in [0.717, 1.165) is 37.2 Å². The number of fused-ring (bicyclic) bond motifs is 3. The molecule has 0 aromatic carbocycles. The molecule has 2 unspecified atom stereocenters. The van der Waals surface area contributed by atoms with Crippen LogP contribution in [0.3, 0.4) is 0 Å². The lowest BCUT2D eigenvalue weighted by Gasteiger charge is -2.26. The van der Waals surface area contributed by atoms with Crippen LogP contribution in [0.1, 0.15) is 24.8 Å².